The van der Waals surface area contributed by atoms with Crippen LogP contribution in [-0.4, -0.2) is 5.75 Å². The van der Waals surface area contributed by atoms with E-state index in [1.54, 1.807) is 0 Å². The minimum Gasteiger partial charge on any atom is -0.148 e. The van der Waals surface area contributed by atoms with Crippen molar-refractivity contribution in [1.82, 2.24) is 0 Å². The molecule has 1 aromatic heterocycles. The predicted octanol–water partition coefficient (Wildman–Crippen LogP) is 3.79. The van der Waals surface area contributed by atoms with Crippen molar-refractivity contribution in [2.45, 2.75) is 10.8 Å². The molecule has 0 bridgehead atoms. The van der Waals surface area contributed by atoms with Gasteiger partial charge in [-0.3, -0.25) is 0 Å². The van der Waals surface area contributed by atoms with Crippen LogP contribution >= 0.6 is 23.1 Å². The summed E-state index contributed by atoms with van der Waals surface area (Å²) in [5.74, 6) is 1.80. The van der Waals surface area contributed by atoms with Crippen molar-refractivity contribution in [2.75, 3.05) is 5.75 Å². The van der Waals surface area contributed by atoms with Crippen molar-refractivity contribution >= 4 is 23.1 Å². The summed E-state index contributed by atoms with van der Waals surface area (Å²) in [5, 5.41) is 2.16. The molecule has 0 amide bonds. The van der Waals surface area contributed by atoms with Gasteiger partial charge in [-0.05, 0) is 29.1 Å². The van der Waals surface area contributed by atoms with E-state index in [1.165, 1.54) is 21.1 Å². The summed E-state index contributed by atoms with van der Waals surface area (Å²) in [6.45, 7) is 0. The van der Waals surface area contributed by atoms with Gasteiger partial charge in [0.2, 0.25) is 0 Å². The van der Waals surface area contributed by atoms with E-state index in [0.717, 1.165) is 0 Å². The maximum atomic E-state index is 3.14. The molecule has 14 heavy (non-hydrogen) atoms. The van der Waals surface area contributed by atoms with Crippen LogP contribution < -0.4 is 0 Å². The molecular formula is C12H9S2. The zero-order valence-corrected chi connectivity index (χ0v) is 9.20. The SMILES string of the molecule is [c]1ccc2c(c1)SCC2c1cccs1. The minimum absolute atomic E-state index is 0.615. The van der Waals surface area contributed by atoms with Crippen molar-refractivity contribution < 1.29 is 0 Å². The van der Waals surface area contributed by atoms with Crippen LogP contribution in [-0.2, 0) is 0 Å². The molecule has 1 unspecified atom stereocenters. The van der Waals surface area contributed by atoms with E-state index >= 15 is 0 Å². The van der Waals surface area contributed by atoms with Crippen LogP contribution in [0, 0.1) is 6.07 Å². The second kappa shape index (κ2) is 3.44. The zero-order chi connectivity index (χ0) is 9.38. The highest BCUT2D eigenvalue weighted by Crippen LogP contribution is 2.43. The number of hydrogen-bond acceptors (Lipinski definition) is 2. The normalized spacial score (nSPS) is 19.6. The van der Waals surface area contributed by atoms with Crippen LogP contribution in [0.5, 0.6) is 0 Å². The van der Waals surface area contributed by atoms with Gasteiger partial charge in [-0.25, -0.2) is 0 Å². The molecule has 1 aliphatic heterocycles. The van der Waals surface area contributed by atoms with Gasteiger partial charge < -0.3 is 0 Å². The van der Waals surface area contributed by atoms with Crippen molar-refractivity contribution in [3.8, 4) is 0 Å². The monoisotopic (exact) mass is 217 g/mol. The second-order valence-electron chi connectivity index (χ2n) is 3.34. The summed E-state index contributed by atoms with van der Waals surface area (Å²) < 4.78 is 0. The quantitative estimate of drug-likeness (QED) is 0.700. The topological polar surface area (TPSA) is 0 Å². The first-order chi connectivity index (χ1) is 6.95. The van der Waals surface area contributed by atoms with E-state index in [1.807, 2.05) is 29.2 Å². The van der Waals surface area contributed by atoms with Crippen LogP contribution in [0.2, 0.25) is 0 Å². The highest BCUT2D eigenvalue weighted by atomic mass is 32.2. The fraction of sp³-hybridized carbons (Fsp3) is 0.167. The second-order valence-corrected chi connectivity index (χ2v) is 5.38. The lowest BCUT2D eigenvalue weighted by molar-refractivity contribution is 0.963. The molecule has 0 aliphatic carbocycles. The molecule has 69 valence electrons. The lowest BCUT2D eigenvalue weighted by Crippen LogP contribution is -1.95. The van der Waals surface area contributed by atoms with Crippen molar-refractivity contribution in [3.05, 3.63) is 52.2 Å². The summed E-state index contributed by atoms with van der Waals surface area (Å²) in [5.41, 5.74) is 1.48. The van der Waals surface area contributed by atoms with E-state index in [0.29, 0.717) is 5.92 Å². The third kappa shape index (κ3) is 1.30. The Labute approximate surface area is 92.0 Å². The largest absolute Gasteiger partial charge is 0.148 e. The Kier molecular flexibility index (Phi) is 2.11. The van der Waals surface area contributed by atoms with E-state index in [2.05, 4.69) is 35.7 Å². The standard InChI is InChI=1S/C12H9S2/c1-2-5-11-9(4-1)10(8-14-11)12-6-3-7-13-12/h1,3-7,10H,8H2. The van der Waals surface area contributed by atoms with E-state index in [9.17, 15) is 0 Å². The highest BCUT2D eigenvalue weighted by molar-refractivity contribution is 7.99. The molecule has 0 N–H and O–H groups in total. The number of fused-ring (bicyclic) bond motifs is 1. The number of rotatable bonds is 1. The average molecular weight is 217 g/mol. The summed E-state index contributed by atoms with van der Waals surface area (Å²) in [4.78, 5) is 2.90. The van der Waals surface area contributed by atoms with Gasteiger partial charge in [-0.2, -0.15) is 0 Å². The Morgan fingerprint density at radius 1 is 1.36 bits per heavy atom. The van der Waals surface area contributed by atoms with Gasteiger partial charge in [-0.1, -0.05) is 18.2 Å². The first-order valence-corrected chi connectivity index (χ1v) is 6.48. The molecule has 0 nitrogen and oxygen atoms in total. The Bertz CT molecular complexity index is 431. The molecule has 0 fully saturated rings. The summed E-state index contributed by atoms with van der Waals surface area (Å²) >= 11 is 3.81. The van der Waals surface area contributed by atoms with E-state index in [-0.39, 0.29) is 0 Å². The lowest BCUT2D eigenvalue weighted by Gasteiger charge is -2.06. The smallest absolute Gasteiger partial charge is 0.0289 e. The molecule has 0 saturated carbocycles. The van der Waals surface area contributed by atoms with Crippen molar-refractivity contribution in [3.63, 3.8) is 0 Å². The van der Waals surface area contributed by atoms with Gasteiger partial charge in [0.05, 0.1) is 0 Å². The van der Waals surface area contributed by atoms with Crippen LogP contribution in [0.1, 0.15) is 16.4 Å². The maximum Gasteiger partial charge on any atom is 0.0289 e. The highest BCUT2D eigenvalue weighted by Gasteiger charge is 2.24. The molecule has 1 aromatic carbocycles. The van der Waals surface area contributed by atoms with E-state index < -0.39 is 0 Å². The molecule has 1 aliphatic rings. The van der Waals surface area contributed by atoms with Crippen LogP contribution in [0.3, 0.4) is 0 Å². The van der Waals surface area contributed by atoms with E-state index in [4.69, 9.17) is 0 Å². The number of benzene rings is 1. The van der Waals surface area contributed by atoms with Gasteiger partial charge in [0, 0.05) is 21.4 Å². The summed E-state index contributed by atoms with van der Waals surface area (Å²) in [6.07, 6.45) is 0. The Hall–Kier alpha value is -0.730. The summed E-state index contributed by atoms with van der Waals surface area (Å²) in [6, 6.07) is 13.8. The van der Waals surface area contributed by atoms with Crippen LogP contribution in [0.4, 0.5) is 0 Å². The fourth-order valence-electron chi connectivity index (χ4n) is 1.83. The van der Waals surface area contributed by atoms with Gasteiger partial charge in [0.1, 0.15) is 0 Å². The minimum atomic E-state index is 0.615. The van der Waals surface area contributed by atoms with Gasteiger partial charge in [0.15, 0.2) is 0 Å². The van der Waals surface area contributed by atoms with Gasteiger partial charge in [-0.15, -0.1) is 23.1 Å². The predicted molar refractivity (Wildman–Crippen MR) is 62.2 cm³/mol. The third-order valence-corrected chi connectivity index (χ3v) is 4.68. The van der Waals surface area contributed by atoms with Crippen molar-refractivity contribution in [2.24, 2.45) is 0 Å². The first-order valence-electron chi connectivity index (χ1n) is 4.61. The number of hydrogen-bond donors (Lipinski definition) is 0. The molecular weight excluding hydrogens is 208 g/mol. The molecule has 2 heteroatoms. The summed E-state index contributed by atoms with van der Waals surface area (Å²) in [7, 11) is 0. The Balaban J connectivity index is 2.06. The lowest BCUT2D eigenvalue weighted by atomic mass is 10.00. The molecule has 3 rings (SSSR count). The third-order valence-electron chi connectivity index (χ3n) is 2.53. The molecule has 1 radical (unpaired) electrons. The zero-order valence-electron chi connectivity index (χ0n) is 7.57. The maximum absolute atomic E-state index is 3.14. The molecule has 1 atom stereocenters. The van der Waals surface area contributed by atoms with Crippen molar-refractivity contribution in [1.29, 1.82) is 0 Å². The average Bonchev–Trinajstić information content (AvgIpc) is 2.85. The van der Waals surface area contributed by atoms with Gasteiger partial charge >= 0.3 is 0 Å². The first kappa shape index (κ1) is 8.57. The molecule has 0 saturated heterocycles. The Morgan fingerprint density at radius 3 is 3.21 bits per heavy atom. The fourth-order valence-corrected chi connectivity index (χ4v) is 4.01. The van der Waals surface area contributed by atoms with Crippen LogP contribution in [0.25, 0.3) is 0 Å². The van der Waals surface area contributed by atoms with Crippen LogP contribution in [0.15, 0.2) is 40.6 Å². The molecule has 2 heterocycles. The Morgan fingerprint density at radius 2 is 2.36 bits per heavy atom. The number of thiophene rings is 1. The number of thioether (sulfide) groups is 1. The molecule has 2 aromatic rings. The molecule has 0 spiro atoms. The van der Waals surface area contributed by atoms with Gasteiger partial charge in [0.25, 0.3) is 0 Å².